The van der Waals surface area contributed by atoms with Crippen LogP contribution in [0.3, 0.4) is 0 Å². The first-order valence-corrected chi connectivity index (χ1v) is 12.1. The number of methoxy groups -OCH3 is 1. The molecule has 1 aromatic heterocycles. The zero-order valence-electron chi connectivity index (χ0n) is 19.3. The lowest BCUT2D eigenvalue weighted by atomic mass is 10.1. The Bertz CT molecular complexity index is 1570. The molecule has 0 radical (unpaired) electrons. The smallest absolute Gasteiger partial charge is 0.339 e. The second-order valence-corrected chi connectivity index (χ2v) is 9.05. The number of amides is 1. The molecule has 0 saturated heterocycles. The van der Waals surface area contributed by atoms with E-state index in [2.05, 4.69) is 10.5 Å². The van der Waals surface area contributed by atoms with E-state index < -0.39 is 20.9 Å². The third kappa shape index (κ3) is 5.82. The van der Waals surface area contributed by atoms with Crippen LogP contribution in [0.2, 0.25) is 0 Å². The molecule has 37 heavy (non-hydrogen) atoms. The Morgan fingerprint density at radius 3 is 2.38 bits per heavy atom. The molecule has 0 aliphatic rings. The van der Waals surface area contributed by atoms with Gasteiger partial charge in [0.25, 0.3) is 11.6 Å². The van der Waals surface area contributed by atoms with Crippen LogP contribution in [0.15, 0.2) is 101 Å². The van der Waals surface area contributed by atoms with Gasteiger partial charge in [-0.1, -0.05) is 12.1 Å². The van der Waals surface area contributed by atoms with Crippen molar-refractivity contribution in [3.63, 3.8) is 0 Å². The average molecular weight is 521 g/mol. The van der Waals surface area contributed by atoms with Gasteiger partial charge in [0.1, 0.15) is 4.90 Å². The van der Waals surface area contributed by atoms with Crippen molar-refractivity contribution in [1.29, 1.82) is 0 Å². The van der Waals surface area contributed by atoms with Crippen LogP contribution in [0.5, 0.6) is 11.5 Å². The zero-order chi connectivity index (χ0) is 26.4. The highest BCUT2D eigenvalue weighted by Gasteiger charge is 2.20. The standard InChI is InChI=1S/C25H20N4O7S/c1-35-24-16-18(8-13-23(24)36-37(33,34)20-11-9-19(10-12-20)29(31)32)17-26-27-25(30)21-6-2-3-7-22(21)28-14-4-5-15-28/h2-17H,1H3,(H,27,30)/b26-17-. The van der Waals surface area contributed by atoms with Gasteiger partial charge in [-0.15, -0.1) is 0 Å². The fourth-order valence-electron chi connectivity index (χ4n) is 3.35. The fraction of sp³-hybridized carbons (Fsp3) is 0.0400. The number of non-ortho nitro benzene ring substituents is 1. The lowest BCUT2D eigenvalue weighted by Crippen LogP contribution is -2.19. The Hall–Kier alpha value is -4.97. The summed E-state index contributed by atoms with van der Waals surface area (Å²) in [6, 6.07) is 19.4. The number of aromatic nitrogens is 1. The van der Waals surface area contributed by atoms with Gasteiger partial charge < -0.3 is 13.5 Å². The van der Waals surface area contributed by atoms with E-state index in [0.717, 1.165) is 24.3 Å². The molecule has 1 amide bonds. The van der Waals surface area contributed by atoms with Crippen molar-refractivity contribution in [2.75, 3.05) is 7.11 Å². The van der Waals surface area contributed by atoms with Gasteiger partial charge in [-0.25, -0.2) is 5.43 Å². The molecule has 4 aromatic rings. The summed E-state index contributed by atoms with van der Waals surface area (Å²) in [5.41, 5.74) is 3.84. The topological polar surface area (TPSA) is 142 Å². The first kappa shape index (κ1) is 25.1. The average Bonchev–Trinajstić information content (AvgIpc) is 3.44. The van der Waals surface area contributed by atoms with Crippen LogP contribution in [0.1, 0.15) is 15.9 Å². The number of hydrogen-bond acceptors (Lipinski definition) is 8. The van der Waals surface area contributed by atoms with Crippen LogP contribution in [0.25, 0.3) is 5.69 Å². The van der Waals surface area contributed by atoms with E-state index in [9.17, 15) is 23.3 Å². The number of nitro groups is 1. The number of benzene rings is 3. The number of nitro benzene ring substituents is 1. The largest absolute Gasteiger partial charge is 0.493 e. The lowest BCUT2D eigenvalue weighted by molar-refractivity contribution is -0.384. The molecular formula is C25H20N4O7S. The predicted octanol–water partition coefficient (Wildman–Crippen LogP) is 3.93. The van der Waals surface area contributed by atoms with Gasteiger partial charge in [-0.2, -0.15) is 13.5 Å². The molecule has 11 nitrogen and oxygen atoms in total. The van der Waals surface area contributed by atoms with Gasteiger partial charge in [0.2, 0.25) is 0 Å². The summed E-state index contributed by atoms with van der Waals surface area (Å²) >= 11 is 0. The predicted molar refractivity (Wildman–Crippen MR) is 135 cm³/mol. The number of carbonyl (C=O) groups excluding carboxylic acids is 1. The third-order valence-corrected chi connectivity index (χ3v) is 6.38. The molecule has 0 aliphatic heterocycles. The summed E-state index contributed by atoms with van der Waals surface area (Å²) < 4.78 is 37.4. The minimum absolute atomic E-state index is 0.0947. The number of hydrazone groups is 1. The van der Waals surface area contributed by atoms with Gasteiger partial charge in [-0.3, -0.25) is 14.9 Å². The van der Waals surface area contributed by atoms with Crippen molar-refractivity contribution in [3.05, 3.63) is 112 Å². The Kier molecular flexibility index (Phi) is 7.30. The van der Waals surface area contributed by atoms with Gasteiger partial charge in [0.15, 0.2) is 11.5 Å². The van der Waals surface area contributed by atoms with Crippen molar-refractivity contribution in [3.8, 4) is 17.2 Å². The van der Waals surface area contributed by atoms with Crippen LogP contribution in [0.4, 0.5) is 5.69 Å². The monoisotopic (exact) mass is 520 g/mol. The zero-order valence-corrected chi connectivity index (χ0v) is 20.2. The van der Waals surface area contributed by atoms with Crippen LogP contribution >= 0.6 is 0 Å². The van der Waals surface area contributed by atoms with E-state index in [1.54, 1.807) is 12.1 Å². The van der Waals surface area contributed by atoms with Crippen molar-refractivity contribution in [2.45, 2.75) is 4.90 Å². The minimum atomic E-state index is -4.28. The first-order chi connectivity index (χ1) is 17.8. The summed E-state index contributed by atoms with van der Waals surface area (Å²) in [4.78, 5) is 22.6. The second kappa shape index (κ2) is 10.7. The quantitative estimate of drug-likeness (QED) is 0.152. The number of para-hydroxylation sites is 1. The maximum atomic E-state index is 12.7. The maximum absolute atomic E-state index is 12.7. The van der Waals surface area contributed by atoms with Crippen molar-refractivity contribution in [1.82, 2.24) is 9.99 Å². The second-order valence-electron chi connectivity index (χ2n) is 7.51. The summed E-state index contributed by atoms with van der Waals surface area (Å²) in [5, 5.41) is 14.8. The van der Waals surface area contributed by atoms with E-state index in [4.69, 9.17) is 8.92 Å². The molecule has 0 unspecified atom stereocenters. The number of ether oxygens (including phenoxy) is 1. The molecule has 188 valence electrons. The molecule has 0 atom stereocenters. The van der Waals surface area contributed by atoms with Crippen LogP contribution in [-0.4, -0.2) is 37.1 Å². The van der Waals surface area contributed by atoms with E-state index in [1.807, 2.05) is 41.2 Å². The highest BCUT2D eigenvalue weighted by Crippen LogP contribution is 2.31. The van der Waals surface area contributed by atoms with E-state index >= 15 is 0 Å². The lowest BCUT2D eigenvalue weighted by Gasteiger charge is -2.11. The Morgan fingerprint density at radius 1 is 1.00 bits per heavy atom. The van der Waals surface area contributed by atoms with Gasteiger partial charge in [0, 0.05) is 24.5 Å². The first-order valence-electron chi connectivity index (χ1n) is 10.7. The number of carbonyl (C=O) groups is 1. The molecule has 0 fully saturated rings. The van der Waals surface area contributed by atoms with Crippen molar-refractivity contribution < 1.29 is 27.1 Å². The number of nitrogens with zero attached hydrogens (tertiary/aromatic N) is 3. The molecule has 0 spiro atoms. The van der Waals surface area contributed by atoms with Crippen LogP contribution in [-0.2, 0) is 10.1 Å². The molecule has 3 aromatic carbocycles. The van der Waals surface area contributed by atoms with Crippen molar-refractivity contribution in [2.24, 2.45) is 5.10 Å². The highest BCUT2D eigenvalue weighted by molar-refractivity contribution is 7.87. The molecule has 1 N–H and O–H groups in total. The highest BCUT2D eigenvalue weighted by atomic mass is 32.2. The molecule has 0 bridgehead atoms. The fourth-order valence-corrected chi connectivity index (χ4v) is 4.29. The van der Waals surface area contributed by atoms with Crippen LogP contribution in [0, 0.1) is 10.1 Å². The minimum Gasteiger partial charge on any atom is -0.493 e. The van der Waals surface area contributed by atoms with Gasteiger partial charge in [0.05, 0.1) is 29.5 Å². The molecule has 4 rings (SSSR count). The molecule has 1 heterocycles. The normalized spacial score (nSPS) is 11.3. The van der Waals surface area contributed by atoms with E-state index in [1.165, 1.54) is 31.5 Å². The maximum Gasteiger partial charge on any atom is 0.339 e. The molecule has 0 saturated carbocycles. The Balaban J connectivity index is 1.47. The van der Waals surface area contributed by atoms with E-state index in [0.29, 0.717) is 16.8 Å². The summed E-state index contributed by atoms with van der Waals surface area (Å²) in [5.74, 6) is -0.414. The van der Waals surface area contributed by atoms with Crippen molar-refractivity contribution >= 4 is 27.9 Å². The summed E-state index contributed by atoms with van der Waals surface area (Å²) in [7, 11) is -2.94. The molecule has 12 heteroatoms. The number of rotatable bonds is 9. The van der Waals surface area contributed by atoms with Gasteiger partial charge in [-0.05, 0) is 60.2 Å². The third-order valence-electron chi connectivity index (χ3n) is 5.13. The molecule has 0 aliphatic carbocycles. The van der Waals surface area contributed by atoms with E-state index in [-0.39, 0.29) is 22.1 Å². The molecular weight excluding hydrogens is 500 g/mol. The summed E-state index contributed by atoms with van der Waals surface area (Å²) in [6.07, 6.45) is 5.02. The summed E-state index contributed by atoms with van der Waals surface area (Å²) in [6.45, 7) is 0. The number of nitrogens with one attached hydrogen (secondary N) is 1. The number of hydrogen-bond donors (Lipinski definition) is 1. The Morgan fingerprint density at radius 2 is 1.70 bits per heavy atom. The van der Waals surface area contributed by atoms with Crippen LogP contribution < -0.4 is 14.3 Å². The van der Waals surface area contributed by atoms with Gasteiger partial charge >= 0.3 is 10.1 Å². The SMILES string of the molecule is COc1cc(/C=N\NC(=O)c2ccccc2-n2cccc2)ccc1OS(=O)(=O)c1ccc([N+](=O)[O-])cc1. The Labute approximate surface area is 211 Å².